The highest BCUT2D eigenvalue weighted by Gasteiger charge is 2.38. The summed E-state index contributed by atoms with van der Waals surface area (Å²) in [7, 11) is 0. The first kappa shape index (κ1) is 42.1. The zero-order chi connectivity index (χ0) is 37.6. The molecule has 0 atom stereocenters. The molecular weight excluding hydrogens is 633 g/mol. The summed E-state index contributed by atoms with van der Waals surface area (Å²) >= 11 is 0. The second-order valence-corrected chi connectivity index (χ2v) is 15.2. The van der Waals surface area contributed by atoms with Crippen LogP contribution < -0.4 is 16.3 Å². The lowest BCUT2D eigenvalue weighted by Crippen LogP contribution is -2.50. The van der Waals surface area contributed by atoms with Crippen LogP contribution >= 0.6 is 0 Å². The first-order chi connectivity index (χ1) is 24.5. The Kier molecular flexibility index (Phi) is 17.1. The number of hydrazine groups is 2. The molecule has 0 saturated carbocycles. The fourth-order valence-corrected chi connectivity index (χ4v) is 7.43. The Morgan fingerprint density at radius 1 is 0.725 bits per heavy atom. The van der Waals surface area contributed by atoms with Gasteiger partial charge in [-0.2, -0.15) is 0 Å². The lowest BCUT2D eigenvalue weighted by atomic mass is 9.74. The average molecular weight is 701 g/mol. The SMILES string of the molecule is CC/C=C1/C(=O)N(NCCCCCCCC)C(=O)c2ccc(-c3c(C(C)(C)C)cc(C(=O)NNCCCCCCCC)c(C)c3CC)c(CC)c21. The summed E-state index contributed by atoms with van der Waals surface area (Å²) in [6.07, 6.45) is 18.1. The van der Waals surface area contributed by atoms with Crippen LogP contribution in [0.3, 0.4) is 0 Å². The lowest BCUT2D eigenvalue weighted by Gasteiger charge is -2.33. The van der Waals surface area contributed by atoms with E-state index in [4.69, 9.17) is 0 Å². The number of benzene rings is 2. The van der Waals surface area contributed by atoms with Gasteiger partial charge in [-0.1, -0.05) is 132 Å². The molecule has 1 heterocycles. The van der Waals surface area contributed by atoms with Crippen LogP contribution in [0, 0.1) is 6.92 Å². The van der Waals surface area contributed by atoms with E-state index in [2.05, 4.69) is 76.9 Å². The molecule has 3 rings (SSSR count). The third-order valence-electron chi connectivity index (χ3n) is 10.3. The summed E-state index contributed by atoms with van der Waals surface area (Å²) in [6.45, 7) is 20.6. The van der Waals surface area contributed by atoms with E-state index in [1.165, 1.54) is 56.4 Å². The Bertz CT molecular complexity index is 1520. The molecule has 7 heteroatoms. The maximum Gasteiger partial charge on any atom is 0.275 e. The number of imide groups is 1. The van der Waals surface area contributed by atoms with Crippen LogP contribution in [0.2, 0.25) is 0 Å². The van der Waals surface area contributed by atoms with E-state index in [1.807, 2.05) is 26.0 Å². The summed E-state index contributed by atoms with van der Waals surface area (Å²) in [5.74, 6) is -0.696. The van der Waals surface area contributed by atoms with Crippen molar-refractivity contribution in [1.29, 1.82) is 0 Å². The van der Waals surface area contributed by atoms with Crippen molar-refractivity contribution in [1.82, 2.24) is 21.3 Å². The predicted molar refractivity (Wildman–Crippen MR) is 214 cm³/mol. The van der Waals surface area contributed by atoms with Gasteiger partial charge in [0.2, 0.25) is 0 Å². The molecule has 51 heavy (non-hydrogen) atoms. The van der Waals surface area contributed by atoms with Crippen molar-refractivity contribution in [3.05, 3.63) is 63.2 Å². The van der Waals surface area contributed by atoms with E-state index in [0.29, 0.717) is 36.1 Å². The van der Waals surface area contributed by atoms with Gasteiger partial charge in [0, 0.05) is 35.4 Å². The minimum Gasteiger partial charge on any atom is -0.287 e. The molecule has 0 aromatic heterocycles. The van der Waals surface area contributed by atoms with Crippen LogP contribution in [0.1, 0.15) is 187 Å². The molecule has 3 amide bonds. The molecule has 3 N–H and O–H groups in total. The maximum absolute atomic E-state index is 14.0. The van der Waals surface area contributed by atoms with Gasteiger partial charge in [-0.05, 0) is 90.0 Å². The fourth-order valence-electron chi connectivity index (χ4n) is 7.43. The zero-order valence-corrected chi connectivity index (χ0v) is 33.5. The first-order valence-electron chi connectivity index (χ1n) is 20.2. The number of unbranched alkanes of at least 4 members (excludes halogenated alkanes) is 10. The largest absolute Gasteiger partial charge is 0.287 e. The molecular formula is C44H68N4O3. The van der Waals surface area contributed by atoms with Crippen LogP contribution in [0.5, 0.6) is 0 Å². The van der Waals surface area contributed by atoms with Crippen LogP contribution in [-0.2, 0) is 23.1 Å². The number of allylic oxidation sites excluding steroid dienone is 1. The van der Waals surface area contributed by atoms with Gasteiger partial charge in [-0.25, -0.2) is 15.9 Å². The molecule has 1 aliphatic rings. The molecule has 282 valence electrons. The Morgan fingerprint density at radius 2 is 1.29 bits per heavy atom. The number of carbonyl (C=O) groups excluding carboxylic acids is 3. The highest BCUT2D eigenvalue weighted by Crippen LogP contribution is 2.44. The Balaban J connectivity index is 2.03. The first-order valence-corrected chi connectivity index (χ1v) is 20.2. The number of carbonyl (C=O) groups is 3. The molecule has 7 nitrogen and oxygen atoms in total. The van der Waals surface area contributed by atoms with E-state index >= 15 is 0 Å². The normalized spacial score (nSPS) is 14.1. The number of nitrogens with one attached hydrogen (secondary N) is 3. The Labute approximate surface area is 309 Å². The molecule has 0 spiro atoms. The van der Waals surface area contributed by atoms with Gasteiger partial charge < -0.3 is 0 Å². The van der Waals surface area contributed by atoms with E-state index < -0.39 is 0 Å². The third-order valence-corrected chi connectivity index (χ3v) is 10.3. The van der Waals surface area contributed by atoms with Crippen LogP contribution in [0.15, 0.2) is 24.3 Å². The summed E-state index contributed by atoms with van der Waals surface area (Å²) in [6, 6.07) is 6.05. The Morgan fingerprint density at radius 3 is 1.86 bits per heavy atom. The van der Waals surface area contributed by atoms with Crippen molar-refractivity contribution in [2.75, 3.05) is 13.1 Å². The molecule has 0 unspecified atom stereocenters. The van der Waals surface area contributed by atoms with Crippen LogP contribution in [-0.4, -0.2) is 35.8 Å². The van der Waals surface area contributed by atoms with Gasteiger partial charge >= 0.3 is 0 Å². The van der Waals surface area contributed by atoms with E-state index in [1.54, 1.807) is 0 Å². The molecule has 0 saturated heterocycles. The number of rotatable bonds is 21. The number of amides is 3. The van der Waals surface area contributed by atoms with E-state index in [9.17, 15) is 14.4 Å². The summed E-state index contributed by atoms with van der Waals surface area (Å²) in [5.41, 5.74) is 17.9. The highest BCUT2D eigenvalue weighted by molar-refractivity contribution is 6.31. The van der Waals surface area contributed by atoms with Gasteiger partial charge in [0.05, 0.1) is 0 Å². The maximum atomic E-state index is 14.0. The third kappa shape index (κ3) is 10.6. The van der Waals surface area contributed by atoms with Crippen molar-refractivity contribution in [2.24, 2.45) is 0 Å². The van der Waals surface area contributed by atoms with Crippen molar-refractivity contribution in [3.63, 3.8) is 0 Å². The van der Waals surface area contributed by atoms with Gasteiger partial charge in [0.1, 0.15) is 0 Å². The molecule has 1 aliphatic heterocycles. The second kappa shape index (κ2) is 20.7. The van der Waals surface area contributed by atoms with Gasteiger partial charge in [0.15, 0.2) is 0 Å². The molecule has 0 aliphatic carbocycles. The fraction of sp³-hybridized carbons (Fsp3) is 0.614. The van der Waals surface area contributed by atoms with Gasteiger partial charge in [-0.15, -0.1) is 0 Å². The second-order valence-electron chi connectivity index (χ2n) is 15.2. The molecule has 2 aromatic carbocycles. The number of nitrogens with zero attached hydrogens (tertiary/aromatic N) is 1. The van der Waals surface area contributed by atoms with E-state index in [-0.39, 0.29) is 23.1 Å². The Hall–Kier alpha value is -3.29. The van der Waals surface area contributed by atoms with Crippen LogP contribution in [0.25, 0.3) is 16.7 Å². The predicted octanol–water partition coefficient (Wildman–Crippen LogP) is 10.3. The average Bonchev–Trinajstić information content (AvgIpc) is 3.10. The lowest BCUT2D eigenvalue weighted by molar-refractivity contribution is -0.125. The molecule has 2 aromatic rings. The van der Waals surface area contributed by atoms with Crippen LogP contribution in [0.4, 0.5) is 0 Å². The van der Waals surface area contributed by atoms with Crippen molar-refractivity contribution < 1.29 is 14.4 Å². The summed E-state index contributed by atoms with van der Waals surface area (Å²) in [4.78, 5) is 41.7. The smallest absolute Gasteiger partial charge is 0.275 e. The zero-order valence-electron chi connectivity index (χ0n) is 33.5. The quantitative estimate of drug-likeness (QED) is 0.0522. The van der Waals surface area contributed by atoms with Crippen molar-refractivity contribution in [3.8, 4) is 11.1 Å². The topological polar surface area (TPSA) is 90.5 Å². The van der Waals surface area contributed by atoms with Gasteiger partial charge in [-0.3, -0.25) is 19.8 Å². The monoisotopic (exact) mass is 701 g/mol. The number of hydrogen-bond acceptors (Lipinski definition) is 5. The van der Waals surface area contributed by atoms with Gasteiger partial charge in [0.25, 0.3) is 17.7 Å². The van der Waals surface area contributed by atoms with E-state index in [0.717, 1.165) is 77.6 Å². The summed E-state index contributed by atoms with van der Waals surface area (Å²) in [5, 5.41) is 1.24. The summed E-state index contributed by atoms with van der Waals surface area (Å²) < 4.78 is 0. The highest BCUT2D eigenvalue weighted by atomic mass is 16.2. The minimum absolute atomic E-state index is 0.121. The standard InChI is InChI=1S/C44H68N4O3/c1-10-15-17-19-21-23-28-45-47-41(49)37-30-38(44(7,8)9)40(32(13-4)31(37)6)34-26-27-36-39(33(34)14-5)35(25-12-3)42(50)48(43(36)51)46-29-24-22-20-18-16-11-2/h25-27,30,45-46H,10-24,28-29H2,1-9H3,(H,47,49)/b35-25+. The van der Waals surface area contributed by atoms with Crippen molar-refractivity contribution in [2.45, 2.75) is 164 Å². The molecule has 0 fully saturated rings. The minimum atomic E-state index is -0.293. The molecule has 0 bridgehead atoms. The molecule has 0 radical (unpaired) electrons. The number of fused-ring (bicyclic) bond motifs is 1. The number of hydrogen-bond donors (Lipinski definition) is 3. The van der Waals surface area contributed by atoms with Crippen molar-refractivity contribution >= 4 is 23.3 Å².